The summed E-state index contributed by atoms with van der Waals surface area (Å²) >= 11 is 0. The van der Waals surface area contributed by atoms with Gasteiger partial charge in [0, 0.05) is 0 Å². The van der Waals surface area contributed by atoms with Crippen molar-refractivity contribution in [3.8, 4) is 11.8 Å². The summed E-state index contributed by atoms with van der Waals surface area (Å²) in [5.41, 5.74) is 8.00. The van der Waals surface area contributed by atoms with Gasteiger partial charge < -0.3 is 4.74 Å². The summed E-state index contributed by atoms with van der Waals surface area (Å²) in [4.78, 5) is 0. The van der Waals surface area contributed by atoms with Crippen LogP contribution in [0.25, 0.3) is 0 Å². The van der Waals surface area contributed by atoms with E-state index in [4.69, 9.17) is 4.74 Å². The van der Waals surface area contributed by atoms with Gasteiger partial charge in [-0.25, -0.2) is 0 Å². The van der Waals surface area contributed by atoms with Crippen molar-refractivity contribution in [3.63, 3.8) is 0 Å². The fraction of sp³-hybridized carbons (Fsp3) is 0.316. The molecule has 2 rings (SSSR count). The molecule has 0 fully saturated rings. The lowest BCUT2D eigenvalue weighted by atomic mass is 9.86. The van der Waals surface area contributed by atoms with Crippen molar-refractivity contribution >= 4 is 0 Å². The van der Waals surface area contributed by atoms with E-state index in [9.17, 15) is 5.26 Å². The number of hydrogen-bond donors (Lipinski definition) is 0. The molecule has 2 heteroatoms. The highest BCUT2D eigenvalue weighted by atomic mass is 16.5. The Morgan fingerprint density at radius 1 is 0.905 bits per heavy atom. The summed E-state index contributed by atoms with van der Waals surface area (Å²) in [5.74, 6) is 0.854. The van der Waals surface area contributed by atoms with Gasteiger partial charge >= 0.3 is 0 Å². The largest absolute Gasteiger partial charge is 0.497 e. The van der Waals surface area contributed by atoms with Gasteiger partial charge in [-0.05, 0) is 79.6 Å². The molecule has 21 heavy (non-hydrogen) atoms. The lowest BCUT2D eigenvalue weighted by molar-refractivity contribution is 0.414. The molecule has 0 spiro atoms. The highest BCUT2D eigenvalue weighted by Gasteiger charge is 2.15. The summed E-state index contributed by atoms with van der Waals surface area (Å²) in [6.07, 6.45) is 0.778. The SMILES string of the molecule is COc1ccc(Cc2c(C)c(C)c(C)c(C)c2C#N)cc1. The first kappa shape index (κ1) is 15.1. The van der Waals surface area contributed by atoms with Crippen molar-refractivity contribution < 1.29 is 4.74 Å². The molecule has 0 aliphatic rings. The van der Waals surface area contributed by atoms with Crippen LogP contribution >= 0.6 is 0 Å². The first-order chi connectivity index (χ1) is 9.99. The van der Waals surface area contributed by atoms with E-state index >= 15 is 0 Å². The van der Waals surface area contributed by atoms with Gasteiger partial charge in [0.1, 0.15) is 5.75 Å². The van der Waals surface area contributed by atoms with Crippen LogP contribution in [0.2, 0.25) is 0 Å². The van der Waals surface area contributed by atoms with Crippen LogP contribution in [0.3, 0.4) is 0 Å². The van der Waals surface area contributed by atoms with Crippen LogP contribution in [0.1, 0.15) is 38.9 Å². The average Bonchev–Trinajstić information content (AvgIpc) is 2.51. The van der Waals surface area contributed by atoms with Crippen molar-refractivity contribution in [1.82, 2.24) is 0 Å². The van der Waals surface area contributed by atoms with Crippen LogP contribution in [0.4, 0.5) is 0 Å². The van der Waals surface area contributed by atoms with Crippen LogP contribution in [-0.2, 0) is 6.42 Å². The highest BCUT2D eigenvalue weighted by molar-refractivity contribution is 5.56. The van der Waals surface area contributed by atoms with Gasteiger partial charge in [-0.15, -0.1) is 0 Å². The number of nitrogens with zero attached hydrogens (tertiary/aromatic N) is 1. The molecule has 2 aromatic carbocycles. The summed E-state index contributed by atoms with van der Waals surface area (Å²) in [5, 5.41) is 9.53. The molecule has 0 aliphatic heterocycles. The van der Waals surface area contributed by atoms with Crippen molar-refractivity contribution in [2.45, 2.75) is 34.1 Å². The van der Waals surface area contributed by atoms with E-state index in [1.165, 1.54) is 22.3 Å². The van der Waals surface area contributed by atoms with Gasteiger partial charge in [0.15, 0.2) is 0 Å². The molecule has 0 saturated heterocycles. The van der Waals surface area contributed by atoms with E-state index < -0.39 is 0 Å². The monoisotopic (exact) mass is 279 g/mol. The van der Waals surface area contributed by atoms with Crippen LogP contribution in [0, 0.1) is 39.0 Å². The van der Waals surface area contributed by atoms with Crippen LogP contribution in [0.15, 0.2) is 24.3 Å². The smallest absolute Gasteiger partial charge is 0.118 e. The van der Waals surface area contributed by atoms with Crippen LogP contribution in [-0.4, -0.2) is 7.11 Å². The number of rotatable bonds is 3. The van der Waals surface area contributed by atoms with E-state index in [1.807, 2.05) is 19.1 Å². The number of methoxy groups -OCH3 is 1. The predicted molar refractivity (Wildman–Crippen MR) is 85.9 cm³/mol. The lowest BCUT2D eigenvalue weighted by Gasteiger charge is -2.17. The van der Waals surface area contributed by atoms with Crippen molar-refractivity contribution in [3.05, 3.63) is 63.2 Å². The summed E-state index contributed by atoms with van der Waals surface area (Å²) in [6.45, 7) is 8.38. The number of ether oxygens (including phenoxy) is 1. The summed E-state index contributed by atoms with van der Waals surface area (Å²) in [7, 11) is 1.67. The molecule has 0 atom stereocenters. The maximum atomic E-state index is 9.53. The molecular formula is C19H21NO. The minimum atomic E-state index is 0.778. The lowest BCUT2D eigenvalue weighted by Crippen LogP contribution is -2.04. The van der Waals surface area contributed by atoms with Crippen LogP contribution in [0.5, 0.6) is 5.75 Å². The maximum absolute atomic E-state index is 9.53. The molecule has 0 N–H and O–H groups in total. The van der Waals surface area contributed by atoms with E-state index in [0.29, 0.717) is 0 Å². The first-order valence-electron chi connectivity index (χ1n) is 7.11. The van der Waals surface area contributed by atoms with Crippen LogP contribution < -0.4 is 4.74 Å². The Morgan fingerprint density at radius 3 is 2.00 bits per heavy atom. The second-order valence-electron chi connectivity index (χ2n) is 5.49. The van der Waals surface area contributed by atoms with Gasteiger partial charge in [0.25, 0.3) is 0 Å². The third-order valence-electron chi connectivity index (χ3n) is 4.47. The van der Waals surface area contributed by atoms with Gasteiger partial charge in [0.05, 0.1) is 18.7 Å². The molecule has 0 heterocycles. The summed E-state index contributed by atoms with van der Waals surface area (Å²) < 4.78 is 5.19. The normalized spacial score (nSPS) is 10.3. The molecule has 0 aromatic heterocycles. The van der Waals surface area contributed by atoms with E-state index in [1.54, 1.807) is 7.11 Å². The molecular weight excluding hydrogens is 258 g/mol. The quantitative estimate of drug-likeness (QED) is 0.834. The molecule has 108 valence electrons. The molecule has 0 bridgehead atoms. The third kappa shape index (κ3) is 2.78. The molecule has 0 radical (unpaired) electrons. The van der Waals surface area contributed by atoms with Gasteiger partial charge in [-0.2, -0.15) is 5.26 Å². The fourth-order valence-corrected chi connectivity index (χ4v) is 2.71. The Hall–Kier alpha value is -2.27. The van der Waals surface area contributed by atoms with E-state index in [-0.39, 0.29) is 0 Å². The minimum Gasteiger partial charge on any atom is -0.497 e. The number of nitriles is 1. The Kier molecular flexibility index (Phi) is 4.33. The van der Waals surface area contributed by atoms with Crippen molar-refractivity contribution in [2.75, 3.05) is 7.11 Å². The first-order valence-corrected chi connectivity index (χ1v) is 7.11. The molecule has 0 amide bonds. The molecule has 0 saturated carbocycles. The molecule has 2 nitrogen and oxygen atoms in total. The Bertz CT molecular complexity index is 706. The number of hydrogen-bond acceptors (Lipinski definition) is 2. The Labute approximate surface area is 127 Å². The van der Waals surface area contributed by atoms with Gasteiger partial charge in [-0.1, -0.05) is 12.1 Å². The topological polar surface area (TPSA) is 33.0 Å². The number of benzene rings is 2. The van der Waals surface area contributed by atoms with E-state index in [2.05, 4.69) is 39.0 Å². The van der Waals surface area contributed by atoms with Crippen molar-refractivity contribution in [1.29, 1.82) is 5.26 Å². The van der Waals surface area contributed by atoms with E-state index in [0.717, 1.165) is 28.9 Å². The maximum Gasteiger partial charge on any atom is 0.118 e. The predicted octanol–water partition coefficient (Wildman–Crippen LogP) is 4.39. The van der Waals surface area contributed by atoms with Gasteiger partial charge in [0.2, 0.25) is 0 Å². The molecule has 0 aliphatic carbocycles. The third-order valence-corrected chi connectivity index (χ3v) is 4.47. The average molecular weight is 279 g/mol. The fourth-order valence-electron chi connectivity index (χ4n) is 2.71. The zero-order chi connectivity index (χ0) is 15.6. The standard InChI is InChI=1S/C19H21NO/c1-12-13(2)15(4)19(11-20)18(14(12)3)10-16-6-8-17(21-5)9-7-16/h6-9H,10H2,1-5H3. The Morgan fingerprint density at radius 2 is 1.48 bits per heavy atom. The van der Waals surface area contributed by atoms with Gasteiger partial charge in [-0.3, -0.25) is 0 Å². The molecule has 0 unspecified atom stereocenters. The zero-order valence-electron chi connectivity index (χ0n) is 13.4. The summed E-state index contributed by atoms with van der Waals surface area (Å²) in [6, 6.07) is 10.4. The zero-order valence-corrected chi connectivity index (χ0v) is 13.4. The highest BCUT2D eigenvalue weighted by Crippen LogP contribution is 2.28. The second kappa shape index (κ2) is 6.01. The molecule has 2 aromatic rings. The minimum absolute atomic E-state index is 0.778. The van der Waals surface area contributed by atoms with Crippen molar-refractivity contribution in [2.24, 2.45) is 0 Å². The Balaban J connectivity index is 2.50. The second-order valence-corrected chi connectivity index (χ2v) is 5.49.